The van der Waals surface area contributed by atoms with Crippen LogP contribution in [-0.4, -0.2) is 47.3 Å². The van der Waals surface area contributed by atoms with Gasteiger partial charge in [-0.3, -0.25) is 4.79 Å². The summed E-state index contributed by atoms with van der Waals surface area (Å²) in [5.74, 6) is -3.38. The fourth-order valence-corrected chi connectivity index (χ4v) is 4.44. The lowest BCUT2D eigenvalue weighted by Crippen LogP contribution is -2.34. The summed E-state index contributed by atoms with van der Waals surface area (Å²) < 4.78 is 31.7. The highest BCUT2D eigenvalue weighted by Gasteiger charge is 2.38. The van der Waals surface area contributed by atoms with Gasteiger partial charge >= 0.3 is 18.1 Å². The molecule has 7 nitrogen and oxygen atoms in total. The number of halogens is 3. The minimum absolute atomic E-state index is 0.121. The summed E-state index contributed by atoms with van der Waals surface area (Å²) >= 11 is 0. The van der Waals surface area contributed by atoms with Crippen molar-refractivity contribution in [3.05, 3.63) is 95.1 Å². The maximum Gasteiger partial charge on any atom is 0.490 e. The first-order valence-corrected chi connectivity index (χ1v) is 12.7. The number of carbonyl (C=O) groups excluding carboxylic acids is 1. The lowest BCUT2D eigenvalue weighted by Gasteiger charge is -2.34. The Labute approximate surface area is 230 Å². The van der Waals surface area contributed by atoms with E-state index in [1.54, 1.807) is 12.1 Å². The highest BCUT2D eigenvalue weighted by atomic mass is 19.4. The van der Waals surface area contributed by atoms with Crippen LogP contribution < -0.4 is 10.2 Å². The number of alkyl halides is 3. The molecule has 10 heteroatoms. The molecule has 3 aromatic carbocycles. The van der Waals surface area contributed by atoms with Gasteiger partial charge < -0.3 is 20.4 Å². The van der Waals surface area contributed by atoms with Gasteiger partial charge in [-0.05, 0) is 61.4 Å². The quantitative estimate of drug-likeness (QED) is 0.331. The molecule has 0 spiro atoms. The van der Waals surface area contributed by atoms with Crippen LogP contribution in [0.3, 0.4) is 0 Å². The highest BCUT2D eigenvalue weighted by Crippen LogP contribution is 2.29. The molecule has 3 aromatic rings. The van der Waals surface area contributed by atoms with E-state index in [2.05, 4.69) is 34.5 Å². The van der Waals surface area contributed by atoms with Crippen molar-refractivity contribution in [2.75, 3.05) is 23.3 Å². The summed E-state index contributed by atoms with van der Waals surface area (Å²) in [7, 11) is 0. The zero-order valence-electron chi connectivity index (χ0n) is 21.9. The molecule has 0 unspecified atom stereocenters. The third-order valence-electron chi connectivity index (χ3n) is 6.58. The van der Waals surface area contributed by atoms with E-state index in [0.717, 1.165) is 49.2 Å². The van der Waals surface area contributed by atoms with E-state index in [1.807, 2.05) is 43.3 Å². The zero-order chi connectivity index (χ0) is 29.3. The largest absolute Gasteiger partial charge is 0.490 e. The van der Waals surface area contributed by atoms with Crippen LogP contribution in [0.4, 0.5) is 24.5 Å². The predicted molar refractivity (Wildman–Crippen MR) is 146 cm³/mol. The SMILES string of the molecule is Cc1ccc(CC(=O)Nc2ccc(N3CCC(Cc4ccccc4)CC3)cc2C(=O)O)cc1.O=C(O)C(F)(F)F. The molecule has 3 N–H and O–H groups in total. The average molecular weight is 557 g/mol. The third-order valence-corrected chi connectivity index (χ3v) is 6.58. The molecular formula is C30H31F3N2O5. The number of aryl methyl sites for hydroxylation is 1. The van der Waals surface area contributed by atoms with E-state index < -0.39 is 18.1 Å². The normalized spacial score (nSPS) is 13.7. The van der Waals surface area contributed by atoms with Gasteiger partial charge in [0.15, 0.2) is 0 Å². The Bertz CT molecular complexity index is 1300. The number of nitrogens with zero attached hydrogens (tertiary/aromatic N) is 1. The van der Waals surface area contributed by atoms with Crippen LogP contribution in [0, 0.1) is 12.8 Å². The van der Waals surface area contributed by atoms with E-state index >= 15 is 0 Å². The van der Waals surface area contributed by atoms with Crippen molar-refractivity contribution in [1.82, 2.24) is 0 Å². The summed E-state index contributed by atoms with van der Waals surface area (Å²) in [4.78, 5) is 35.6. The summed E-state index contributed by atoms with van der Waals surface area (Å²) in [5, 5.41) is 19.7. The molecular weight excluding hydrogens is 525 g/mol. The number of piperidine rings is 1. The molecule has 0 aliphatic carbocycles. The Kier molecular flexibility index (Phi) is 10.3. The van der Waals surface area contributed by atoms with Gasteiger partial charge in [-0.1, -0.05) is 60.2 Å². The fourth-order valence-electron chi connectivity index (χ4n) is 4.44. The van der Waals surface area contributed by atoms with Gasteiger partial charge in [0, 0.05) is 18.8 Å². The Morgan fingerprint density at radius 2 is 1.50 bits per heavy atom. The number of carboxylic acids is 2. The van der Waals surface area contributed by atoms with Gasteiger partial charge in [-0.25, -0.2) is 9.59 Å². The smallest absolute Gasteiger partial charge is 0.478 e. The Balaban J connectivity index is 0.000000559. The fraction of sp³-hybridized carbons (Fsp3) is 0.300. The minimum Gasteiger partial charge on any atom is -0.478 e. The number of aromatic carboxylic acids is 1. The number of benzene rings is 3. The molecule has 212 valence electrons. The third kappa shape index (κ3) is 9.14. The molecule has 0 aromatic heterocycles. The van der Waals surface area contributed by atoms with Crippen molar-refractivity contribution in [3.8, 4) is 0 Å². The zero-order valence-corrected chi connectivity index (χ0v) is 21.9. The van der Waals surface area contributed by atoms with Crippen LogP contribution in [0.1, 0.15) is 39.9 Å². The van der Waals surface area contributed by atoms with Crippen molar-refractivity contribution in [3.63, 3.8) is 0 Å². The van der Waals surface area contributed by atoms with Gasteiger partial charge in [-0.2, -0.15) is 13.2 Å². The number of hydrogen-bond donors (Lipinski definition) is 3. The van der Waals surface area contributed by atoms with Crippen LogP contribution in [0.15, 0.2) is 72.8 Å². The number of carboxylic acid groups (broad SMARTS) is 2. The highest BCUT2D eigenvalue weighted by molar-refractivity contribution is 6.01. The van der Waals surface area contributed by atoms with Crippen molar-refractivity contribution in [2.24, 2.45) is 5.92 Å². The monoisotopic (exact) mass is 556 g/mol. The predicted octanol–water partition coefficient (Wildman–Crippen LogP) is 5.97. The Hall–Kier alpha value is -4.34. The molecule has 1 saturated heterocycles. The molecule has 0 bridgehead atoms. The van der Waals surface area contributed by atoms with E-state index in [9.17, 15) is 27.9 Å². The number of nitrogens with one attached hydrogen (secondary N) is 1. The summed E-state index contributed by atoms with van der Waals surface area (Å²) in [6, 6.07) is 23.6. The number of anilines is 2. The molecule has 1 fully saturated rings. The first kappa shape index (κ1) is 30.2. The van der Waals surface area contributed by atoms with Crippen molar-refractivity contribution in [1.29, 1.82) is 0 Å². The van der Waals surface area contributed by atoms with Crippen molar-refractivity contribution < 1.29 is 37.8 Å². The van der Waals surface area contributed by atoms with Gasteiger partial charge in [0.2, 0.25) is 5.91 Å². The molecule has 4 rings (SSSR count). The van der Waals surface area contributed by atoms with Crippen LogP contribution in [0.2, 0.25) is 0 Å². The summed E-state index contributed by atoms with van der Waals surface area (Å²) in [5.41, 5.74) is 4.74. The molecule has 1 amide bonds. The second-order valence-corrected chi connectivity index (χ2v) is 9.67. The maximum atomic E-state index is 12.5. The Morgan fingerprint density at radius 1 is 0.900 bits per heavy atom. The lowest BCUT2D eigenvalue weighted by atomic mass is 9.90. The van der Waals surface area contributed by atoms with Crippen molar-refractivity contribution in [2.45, 2.75) is 38.8 Å². The number of carbonyl (C=O) groups is 3. The van der Waals surface area contributed by atoms with Gasteiger partial charge in [0.25, 0.3) is 0 Å². The molecule has 0 saturated carbocycles. The summed E-state index contributed by atoms with van der Waals surface area (Å²) in [6.07, 6.45) is -1.64. The molecule has 40 heavy (non-hydrogen) atoms. The van der Waals surface area contributed by atoms with Gasteiger partial charge in [0.1, 0.15) is 0 Å². The topological polar surface area (TPSA) is 107 Å². The van der Waals surface area contributed by atoms with Gasteiger partial charge in [-0.15, -0.1) is 0 Å². The van der Waals surface area contributed by atoms with E-state index in [1.165, 1.54) is 5.56 Å². The lowest BCUT2D eigenvalue weighted by molar-refractivity contribution is -0.192. The number of amides is 1. The number of hydrogen-bond acceptors (Lipinski definition) is 4. The maximum absolute atomic E-state index is 12.5. The first-order chi connectivity index (χ1) is 18.9. The molecule has 1 heterocycles. The second-order valence-electron chi connectivity index (χ2n) is 9.67. The average Bonchev–Trinajstić information content (AvgIpc) is 2.91. The summed E-state index contributed by atoms with van der Waals surface area (Å²) in [6.45, 7) is 3.79. The molecule has 0 atom stereocenters. The second kappa shape index (κ2) is 13.6. The first-order valence-electron chi connectivity index (χ1n) is 12.7. The Morgan fingerprint density at radius 3 is 2.05 bits per heavy atom. The van der Waals surface area contributed by atoms with Crippen molar-refractivity contribution >= 4 is 29.2 Å². The van der Waals surface area contributed by atoms with Gasteiger partial charge in [0.05, 0.1) is 17.7 Å². The van der Waals surface area contributed by atoms with Crippen LogP contribution >= 0.6 is 0 Å². The van der Waals surface area contributed by atoms with Crippen LogP contribution in [0.25, 0.3) is 0 Å². The van der Waals surface area contributed by atoms with E-state index in [0.29, 0.717) is 11.6 Å². The molecule has 1 aliphatic rings. The number of rotatable bonds is 7. The van der Waals surface area contributed by atoms with Crippen LogP contribution in [-0.2, 0) is 22.4 Å². The molecule has 1 aliphatic heterocycles. The van der Waals surface area contributed by atoms with E-state index in [-0.39, 0.29) is 17.9 Å². The van der Waals surface area contributed by atoms with Crippen LogP contribution in [0.5, 0.6) is 0 Å². The minimum atomic E-state index is -5.08. The van der Waals surface area contributed by atoms with E-state index in [4.69, 9.17) is 9.90 Å². The molecule has 0 radical (unpaired) electrons. The standard InChI is InChI=1S/C28H30N2O3.C2HF3O2/c1-20-7-9-22(10-8-20)18-27(31)29-26-12-11-24(19-25(26)28(32)33)30-15-13-23(14-16-30)17-21-5-3-2-4-6-21;3-2(4,5)1(6)7/h2-12,19,23H,13-18H2,1H3,(H,29,31)(H,32,33);(H,6,7). The number of aliphatic carboxylic acids is 1.